The Balaban J connectivity index is 0.000000162. The molecule has 0 spiro atoms. The van der Waals surface area contributed by atoms with Crippen LogP contribution in [0, 0.1) is 0 Å². The molecule has 0 atom stereocenters. The summed E-state index contributed by atoms with van der Waals surface area (Å²) in [7, 11) is 0. The summed E-state index contributed by atoms with van der Waals surface area (Å²) in [6.45, 7) is 2.47. The number of hydrogen-bond acceptors (Lipinski definition) is 4. The van der Waals surface area contributed by atoms with Gasteiger partial charge in [0.25, 0.3) is 0 Å². The Labute approximate surface area is 90.5 Å². The van der Waals surface area contributed by atoms with Crippen LogP contribution in [-0.2, 0) is 6.61 Å². The van der Waals surface area contributed by atoms with E-state index in [0.29, 0.717) is 11.4 Å². The van der Waals surface area contributed by atoms with E-state index in [9.17, 15) is 0 Å². The molecule has 1 saturated heterocycles. The fourth-order valence-electron chi connectivity index (χ4n) is 1.33. The molecule has 1 aliphatic rings. The molecular weight excluding hydrogens is 190 g/mol. The standard InChI is InChI=1S/C6H8N2O.C5H11N/c7-5-1-2-6(4-9)8-3-5;1-2-4-6-5-3-1/h1-3,9H,4,7H2;6H,1-5H2. The SMILES string of the molecule is C1CCNCC1.Nc1ccc(CO)nc1. The van der Waals surface area contributed by atoms with Gasteiger partial charge in [0, 0.05) is 0 Å². The van der Waals surface area contributed by atoms with Crippen molar-refractivity contribution in [2.24, 2.45) is 0 Å². The van der Waals surface area contributed by atoms with E-state index in [0.717, 1.165) is 0 Å². The fraction of sp³-hybridized carbons (Fsp3) is 0.545. The quantitative estimate of drug-likeness (QED) is 0.643. The zero-order valence-corrected chi connectivity index (χ0v) is 8.95. The van der Waals surface area contributed by atoms with Crippen molar-refractivity contribution in [3.05, 3.63) is 24.0 Å². The molecule has 0 radical (unpaired) electrons. The minimum absolute atomic E-state index is 0.0275. The van der Waals surface area contributed by atoms with Gasteiger partial charge in [-0.05, 0) is 38.1 Å². The topological polar surface area (TPSA) is 71.2 Å². The van der Waals surface area contributed by atoms with Crippen LogP contribution < -0.4 is 11.1 Å². The van der Waals surface area contributed by atoms with Gasteiger partial charge in [0.05, 0.1) is 24.2 Å². The van der Waals surface area contributed by atoms with E-state index in [1.165, 1.54) is 38.5 Å². The van der Waals surface area contributed by atoms with Gasteiger partial charge >= 0.3 is 0 Å². The molecule has 4 nitrogen and oxygen atoms in total. The van der Waals surface area contributed by atoms with Gasteiger partial charge in [-0.1, -0.05) is 6.42 Å². The van der Waals surface area contributed by atoms with Crippen LogP contribution in [0.3, 0.4) is 0 Å². The molecule has 15 heavy (non-hydrogen) atoms. The Morgan fingerprint density at radius 1 is 1.27 bits per heavy atom. The van der Waals surface area contributed by atoms with Crippen LogP contribution in [0.15, 0.2) is 18.3 Å². The van der Waals surface area contributed by atoms with Crippen molar-refractivity contribution in [3.63, 3.8) is 0 Å². The van der Waals surface area contributed by atoms with E-state index in [1.807, 2.05) is 0 Å². The number of nitrogens with zero attached hydrogens (tertiary/aromatic N) is 1. The number of aliphatic hydroxyl groups excluding tert-OH is 1. The molecule has 0 amide bonds. The average Bonchev–Trinajstić information content (AvgIpc) is 2.33. The monoisotopic (exact) mass is 209 g/mol. The van der Waals surface area contributed by atoms with E-state index >= 15 is 0 Å². The first-order valence-electron chi connectivity index (χ1n) is 5.35. The van der Waals surface area contributed by atoms with E-state index in [4.69, 9.17) is 10.8 Å². The van der Waals surface area contributed by atoms with Crippen molar-refractivity contribution in [2.45, 2.75) is 25.9 Å². The van der Waals surface area contributed by atoms with Gasteiger partial charge in [-0.2, -0.15) is 0 Å². The first kappa shape index (κ1) is 11.9. The van der Waals surface area contributed by atoms with Crippen LogP contribution in [-0.4, -0.2) is 23.2 Å². The van der Waals surface area contributed by atoms with E-state index in [1.54, 1.807) is 12.1 Å². The highest BCUT2D eigenvalue weighted by Gasteiger charge is 1.93. The molecular formula is C11H19N3O. The molecule has 1 aromatic rings. The highest BCUT2D eigenvalue weighted by atomic mass is 16.3. The van der Waals surface area contributed by atoms with E-state index in [-0.39, 0.29) is 6.61 Å². The van der Waals surface area contributed by atoms with Crippen LogP contribution in [0.4, 0.5) is 5.69 Å². The number of nitrogens with one attached hydrogen (secondary N) is 1. The largest absolute Gasteiger partial charge is 0.397 e. The second-order valence-electron chi connectivity index (χ2n) is 3.55. The summed E-state index contributed by atoms with van der Waals surface area (Å²) in [6, 6.07) is 3.40. The molecule has 1 aliphatic heterocycles. The fourth-order valence-corrected chi connectivity index (χ4v) is 1.33. The third-order valence-electron chi connectivity index (χ3n) is 2.22. The van der Waals surface area contributed by atoms with Crippen LogP contribution in [0.1, 0.15) is 25.0 Å². The van der Waals surface area contributed by atoms with Crippen molar-refractivity contribution in [1.82, 2.24) is 10.3 Å². The highest BCUT2D eigenvalue weighted by Crippen LogP contribution is 1.99. The van der Waals surface area contributed by atoms with Gasteiger partial charge in [0.1, 0.15) is 0 Å². The minimum Gasteiger partial charge on any atom is -0.397 e. The molecule has 0 saturated carbocycles. The molecule has 1 fully saturated rings. The van der Waals surface area contributed by atoms with Crippen molar-refractivity contribution in [1.29, 1.82) is 0 Å². The van der Waals surface area contributed by atoms with Gasteiger partial charge in [0.2, 0.25) is 0 Å². The third kappa shape index (κ3) is 5.34. The van der Waals surface area contributed by atoms with Crippen molar-refractivity contribution >= 4 is 5.69 Å². The molecule has 4 heteroatoms. The minimum atomic E-state index is -0.0275. The van der Waals surface area contributed by atoms with Crippen LogP contribution in [0.25, 0.3) is 0 Å². The van der Waals surface area contributed by atoms with E-state index < -0.39 is 0 Å². The summed E-state index contributed by atoms with van der Waals surface area (Å²) in [4.78, 5) is 3.82. The van der Waals surface area contributed by atoms with Crippen LogP contribution in [0.5, 0.6) is 0 Å². The maximum absolute atomic E-state index is 8.53. The summed E-state index contributed by atoms with van der Waals surface area (Å²) >= 11 is 0. The second kappa shape index (κ2) is 7.20. The zero-order chi connectivity index (χ0) is 10.9. The Hall–Kier alpha value is -1.13. The lowest BCUT2D eigenvalue weighted by Gasteiger charge is -2.08. The van der Waals surface area contributed by atoms with Crippen molar-refractivity contribution in [2.75, 3.05) is 18.8 Å². The van der Waals surface area contributed by atoms with Gasteiger partial charge in [-0.25, -0.2) is 0 Å². The van der Waals surface area contributed by atoms with Gasteiger partial charge in [-0.15, -0.1) is 0 Å². The number of aromatic nitrogens is 1. The third-order valence-corrected chi connectivity index (χ3v) is 2.22. The molecule has 1 aromatic heterocycles. The lowest BCUT2D eigenvalue weighted by molar-refractivity contribution is 0.277. The molecule has 0 bridgehead atoms. The summed E-state index contributed by atoms with van der Waals surface area (Å²) < 4.78 is 0. The number of piperidine rings is 1. The Morgan fingerprint density at radius 3 is 2.33 bits per heavy atom. The maximum Gasteiger partial charge on any atom is 0.0852 e. The maximum atomic E-state index is 8.53. The second-order valence-corrected chi connectivity index (χ2v) is 3.55. The summed E-state index contributed by atoms with van der Waals surface area (Å²) in [5, 5.41) is 11.8. The number of nitrogen functional groups attached to an aromatic ring is 1. The normalized spacial score (nSPS) is 15.3. The van der Waals surface area contributed by atoms with Crippen LogP contribution >= 0.6 is 0 Å². The number of nitrogens with two attached hydrogens (primary N) is 1. The summed E-state index contributed by atoms with van der Waals surface area (Å²) in [6.07, 6.45) is 5.73. The molecule has 0 aliphatic carbocycles. The van der Waals surface area contributed by atoms with Crippen molar-refractivity contribution in [3.8, 4) is 0 Å². The summed E-state index contributed by atoms with van der Waals surface area (Å²) in [5.74, 6) is 0. The molecule has 0 unspecified atom stereocenters. The number of rotatable bonds is 1. The predicted octanol–water partition coefficient (Wildman–Crippen LogP) is 0.916. The first-order valence-corrected chi connectivity index (χ1v) is 5.35. The molecule has 84 valence electrons. The lowest BCUT2D eigenvalue weighted by atomic mass is 10.2. The van der Waals surface area contributed by atoms with Crippen LogP contribution in [0.2, 0.25) is 0 Å². The van der Waals surface area contributed by atoms with Gasteiger partial charge < -0.3 is 16.2 Å². The number of hydrogen-bond donors (Lipinski definition) is 3. The Morgan fingerprint density at radius 2 is 2.00 bits per heavy atom. The molecule has 0 aromatic carbocycles. The highest BCUT2D eigenvalue weighted by molar-refractivity contribution is 5.34. The number of pyridine rings is 1. The molecule has 2 rings (SSSR count). The average molecular weight is 209 g/mol. The van der Waals surface area contributed by atoms with Gasteiger partial charge in [0.15, 0.2) is 0 Å². The van der Waals surface area contributed by atoms with Gasteiger partial charge in [-0.3, -0.25) is 4.98 Å². The first-order chi connectivity index (χ1) is 7.33. The molecule has 4 N–H and O–H groups in total. The molecule has 2 heterocycles. The Bertz CT molecular complexity index is 246. The number of aliphatic hydroxyl groups is 1. The van der Waals surface area contributed by atoms with Crippen molar-refractivity contribution < 1.29 is 5.11 Å². The predicted molar refractivity (Wildman–Crippen MR) is 61.3 cm³/mol. The summed E-state index contributed by atoms with van der Waals surface area (Å²) in [5.41, 5.74) is 6.60. The zero-order valence-electron chi connectivity index (χ0n) is 8.95. The smallest absolute Gasteiger partial charge is 0.0852 e. The Kier molecular flexibility index (Phi) is 5.73. The van der Waals surface area contributed by atoms with E-state index in [2.05, 4.69) is 10.3 Å². The lowest BCUT2D eigenvalue weighted by Crippen LogP contribution is -2.21. The number of anilines is 1.